The van der Waals surface area contributed by atoms with Gasteiger partial charge in [0.1, 0.15) is 17.3 Å². The summed E-state index contributed by atoms with van der Waals surface area (Å²) in [6.07, 6.45) is 3.37. The van der Waals surface area contributed by atoms with Crippen molar-refractivity contribution in [3.05, 3.63) is 84.1 Å². The van der Waals surface area contributed by atoms with Crippen LogP contribution in [0.2, 0.25) is 0 Å². The first kappa shape index (κ1) is 21.6. The lowest BCUT2D eigenvalue weighted by Crippen LogP contribution is -2.48. The van der Waals surface area contributed by atoms with Gasteiger partial charge in [0.15, 0.2) is 0 Å². The molecule has 1 saturated heterocycles. The SMILES string of the molecule is COc1ccccc1C1=C(N2CCN(c3ncccn3)CC2)C(=O)N(c2ccccc2F)C1=O. The van der Waals surface area contributed by atoms with Crippen molar-refractivity contribution >= 4 is 29.0 Å². The highest BCUT2D eigenvalue weighted by molar-refractivity contribution is 6.45. The van der Waals surface area contributed by atoms with Gasteiger partial charge in [-0.3, -0.25) is 9.59 Å². The lowest BCUT2D eigenvalue weighted by atomic mass is 10.0. The number of amides is 2. The van der Waals surface area contributed by atoms with E-state index < -0.39 is 17.6 Å². The molecule has 2 aliphatic rings. The molecule has 0 aliphatic carbocycles. The minimum Gasteiger partial charge on any atom is -0.496 e. The molecule has 5 rings (SSSR count). The highest BCUT2D eigenvalue weighted by atomic mass is 19.1. The van der Waals surface area contributed by atoms with Crippen LogP contribution in [0.25, 0.3) is 5.57 Å². The fourth-order valence-corrected chi connectivity index (χ4v) is 4.34. The summed E-state index contributed by atoms with van der Waals surface area (Å²) in [6.45, 7) is 2.06. The van der Waals surface area contributed by atoms with Crippen molar-refractivity contribution in [3.8, 4) is 5.75 Å². The number of para-hydroxylation sites is 2. The minimum absolute atomic E-state index is 0.0729. The molecule has 0 saturated carbocycles. The van der Waals surface area contributed by atoms with E-state index >= 15 is 0 Å². The molecule has 0 radical (unpaired) electrons. The summed E-state index contributed by atoms with van der Waals surface area (Å²) in [5, 5.41) is 0. The van der Waals surface area contributed by atoms with Crippen molar-refractivity contribution in [1.29, 1.82) is 0 Å². The number of hydrogen-bond donors (Lipinski definition) is 0. The Bertz CT molecular complexity index is 1270. The predicted octanol–water partition coefficient (Wildman–Crippen LogP) is 2.73. The molecule has 172 valence electrons. The number of nitrogens with zero attached hydrogens (tertiary/aromatic N) is 5. The van der Waals surface area contributed by atoms with E-state index in [-0.39, 0.29) is 17.0 Å². The number of piperazine rings is 1. The normalized spacial score (nSPS) is 16.5. The van der Waals surface area contributed by atoms with Crippen molar-refractivity contribution in [1.82, 2.24) is 14.9 Å². The molecule has 0 spiro atoms. The van der Waals surface area contributed by atoms with Crippen LogP contribution in [-0.2, 0) is 9.59 Å². The standard InChI is InChI=1S/C25H22FN5O3/c1-34-20-10-5-2-7-17(20)21-22(24(33)31(23(21)32)19-9-4-3-8-18(19)26)29-13-15-30(16-14-29)25-27-11-6-12-28-25/h2-12H,13-16H2,1H3. The summed E-state index contributed by atoms with van der Waals surface area (Å²) in [5.74, 6) is -0.703. The van der Waals surface area contributed by atoms with Gasteiger partial charge in [0.2, 0.25) is 5.95 Å². The van der Waals surface area contributed by atoms with Crippen LogP contribution in [0.4, 0.5) is 16.0 Å². The van der Waals surface area contributed by atoms with Crippen LogP contribution in [0, 0.1) is 5.82 Å². The molecule has 3 heterocycles. The van der Waals surface area contributed by atoms with Crippen LogP contribution < -0.4 is 14.5 Å². The fourth-order valence-electron chi connectivity index (χ4n) is 4.34. The van der Waals surface area contributed by atoms with E-state index in [1.165, 1.54) is 25.3 Å². The summed E-state index contributed by atoms with van der Waals surface area (Å²) in [4.78, 5) is 40.7. The predicted molar refractivity (Wildman–Crippen MR) is 125 cm³/mol. The van der Waals surface area contributed by atoms with E-state index in [1.54, 1.807) is 48.8 Å². The molecule has 9 heteroatoms. The van der Waals surface area contributed by atoms with E-state index in [0.717, 1.165) is 4.90 Å². The average molecular weight is 459 g/mol. The fraction of sp³-hybridized carbons (Fsp3) is 0.200. The molecular weight excluding hydrogens is 437 g/mol. The second-order valence-electron chi connectivity index (χ2n) is 7.84. The molecule has 0 unspecified atom stereocenters. The Labute approximate surface area is 195 Å². The Morgan fingerprint density at radius 2 is 1.47 bits per heavy atom. The van der Waals surface area contributed by atoms with Crippen molar-refractivity contribution in [3.63, 3.8) is 0 Å². The number of carbonyl (C=O) groups excluding carboxylic acids is 2. The Morgan fingerprint density at radius 1 is 0.824 bits per heavy atom. The largest absolute Gasteiger partial charge is 0.496 e. The maximum absolute atomic E-state index is 14.6. The number of benzene rings is 2. The molecule has 8 nitrogen and oxygen atoms in total. The number of anilines is 2. The van der Waals surface area contributed by atoms with Crippen molar-refractivity contribution in [2.75, 3.05) is 43.1 Å². The number of aromatic nitrogens is 2. The molecule has 0 N–H and O–H groups in total. The topological polar surface area (TPSA) is 78.9 Å². The zero-order valence-corrected chi connectivity index (χ0v) is 18.5. The molecule has 0 bridgehead atoms. The molecular formula is C25H22FN5O3. The highest BCUT2D eigenvalue weighted by Crippen LogP contribution is 2.39. The van der Waals surface area contributed by atoms with Gasteiger partial charge in [-0.05, 0) is 24.3 Å². The molecule has 2 aromatic carbocycles. The van der Waals surface area contributed by atoms with E-state index in [9.17, 15) is 14.0 Å². The zero-order chi connectivity index (χ0) is 23.7. The molecule has 1 aromatic heterocycles. The van der Waals surface area contributed by atoms with Gasteiger partial charge < -0.3 is 14.5 Å². The van der Waals surface area contributed by atoms with E-state index in [1.807, 2.05) is 9.80 Å². The molecule has 34 heavy (non-hydrogen) atoms. The third kappa shape index (κ3) is 3.64. The number of imide groups is 1. The van der Waals surface area contributed by atoms with E-state index in [2.05, 4.69) is 9.97 Å². The third-order valence-corrected chi connectivity index (χ3v) is 5.96. The Kier molecular flexibility index (Phi) is 5.67. The maximum Gasteiger partial charge on any atom is 0.282 e. The summed E-state index contributed by atoms with van der Waals surface area (Å²) >= 11 is 0. The number of methoxy groups -OCH3 is 1. The van der Waals surface area contributed by atoms with Gasteiger partial charge in [0, 0.05) is 44.1 Å². The van der Waals surface area contributed by atoms with Gasteiger partial charge in [-0.25, -0.2) is 19.3 Å². The smallest absolute Gasteiger partial charge is 0.282 e. The number of hydrogen-bond acceptors (Lipinski definition) is 7. The molecule has 0 atom stereocenters. The summed E-state index contributed by atoms with van der Waals surface area (Å²) in [5.41, 5.74) is 0.865. The van der Waals surface area contributed by atoms with Gasteiger partial charge in [0.05, 0.1) is 18.4 Å². The summed E-state index contributed by atoms with van der Waals surface area (Å²) in [7, 11) is 1.51. The number of carbonyl (C=O) groups is 2. The van der Waals surface area contributed by atoms with Crippen LogP contribution in [0.1, 0.15) is 5.56 Å². The van der Waals surface area contributed by atoms with Crippen molar-refractivity contribution < 1.29 is 18.7 Å². The first-order valence-electron chi connectivity index (χ1n) is 10.9. The van der Waals surface area contributed by atoms with Crippen LogP contribution in [0.15, 0.2) is 72.7 Å². The van der Waals surface area contributed by atoms with Gasteiger partial charge in [-0.1, -0.05) is 30.3 Å². The van der Waals surface area contributed by atoms with E-state index in [0.29, 0.717) is 43.4 Å². The highest BCUT2D eigenvalue weighted by Gasteiger charge is 2.44. The van der Waals surface area contributed by atoms with Crippen LogP contribution >= 0.6 is 0 Å². The van der Waals surface area contributed by atoms with Gasteiger partial charge in [-0.2, -0.15) is 0 Å². The quantitative estimate of drug-likeness (QED) is 0.543. The Balaban J connectivity index is 1.55. The first-order valence-corrected chi connectivity index (χ1v) is 10.9. The summed E-state index contributed by atoms with van der Waals surface area (Å²) < 4.78 is 20.1. The van der Waals surface area contributed by atoms with Crippen molar-refractivity contribution in [2.45, 2.75) is 0 Å². The maximum atomic E-state index is 14.6. The van der Waals surface area contributed by atoms with Crippen LogP contribution in [0.5, 0.6) is 5.75 Å². The van der Waals surface area contributed by atoms with Crippen LogP contribution in [-0.4, -0.2) is 60.0 Å². The second kappa shape index (κ2) is 8.93. The van der Waals surface area contributed by atoms with Crippen LogP contribution in [0.3, 0.4) is 0 Å². The molecule has 2 aliphatic heterocycles. The molecule has 1 fully saturated rings. The minimum atomic E-state index is -0.643. The Hall–Kier alpha value is -4.27. The van der Waals surface area contributed by atoms with E-state index in [4.69, 9.17) is 4.74 Å². The number of rotatable bonds is 5. The Morgan fingerprint density at radius 3 is 2.18 bits per heavy atom. The molecule has 2 amide bonds. The summed E-state index contributed by atoms with van der Waals surface area (Å²) in [6, 6.07) is 14.6. The lowest BCUT2D eigenvalue weighted by Gasteiger charge is -2.36. The second-order valence-corrected chi connectivity index (χ2v) is 7.84. The zero-order valence-electron chi connectivity index (χ0n) is 18.5. The average Bonchev–Trinajstić information content (AvgIpc) is 3.14. The van der Waals surface area contributed by atoms with Crippen molar-refractivity contribution in [2.24, 2.45) is 0 Å². The van der Waals surface area contributed by atoms with Gasteiger partial charge >= 0.3 is 0 Å². The molecule has 3 aromatic rings. The number of halogens is 1. The van der Waals surface area contributed by atoms with Gasteiger partial charge in [-0.15, -0.1) is 0 Å². The number of ether oxygens (including phenoxy) is 1. The lowest BCUT2D eigenvalue weighted by molar-refractivity contribution is -0.120. The third-order valence-electron chi connectivity index (χ3n) is 5.96. The monoisotopic (exact) mass is 459 g/mol. The van der Waals surface area contributed by atoms with Gasteiger partial charge in [0.25, 0.3) is 11.8 Å². The first-order chi connectivity index (χ1) is 16.6.